The summed E-state index contributed by atoms with van der Waals surface area (Å²) in [6, 6.07) is 9.30. The molecule has 0 saturated heterocycles. The first-order valence-electron chi connectivity index (χ1n) is 7.77. The minimum atomic E-state index is 0.647. The number of aromatic amines is 1. The Morgan fingerprint density at radius 3 is 2.30 bits per heavy atom. The second-order valence-corrected chi connectivity index (χ2v) is 5.73. The highest BCUT2D eigenvalue weighted by atomic mass is 14.9. The summed E-state index contributed by atoms with van der Waals surface area (Å²) in [5, 5.41) is 3.70. The monoisotopic (exact) mass is 269 g/mol. The lowest BCUT2D eigenvalue weighted by Gasteiger charge is -2.22. The fourth-order valence-corrected chi connectivity index (χ4v) is 3.00. The second-order valence-electron chi connectivity index (χ2n) is 5.73. The van der Waals surface area contributed by atoms with Crippen LogP contribution in [0.2, 0.25) is 0 Å². The number of imidazole rings is 1. The van der Waals surface area contributed by atoms with Gasteiger partial charge in [0.15, 0.2) is 0 Å². The van der Waals surface area contributed by atoms with Gasteiger partial charge in [0.25, 0.3) is 0 Å². The van der Waals surface area contributed by atoms with Crippen molar-refractivity contribution >= 4 is 5.69 Å². The first-order valence-corrected chi connectivity index (χ1v) is 7.77. The van der Waals surface area contributed by atoms with Crippen LogP contribution in [0.15, 0.2) is 36.8 Å². The van der Waals surface area contributed by atoms with Gasteiger partial charge in [-0.05, 0) is 30.5 Å². The normalized spacial score (nSPS) is 17.4. The Bertz CT molecular complexity index is 494. The number of benzene rings is 1. The molecule has 1 aromatic carbocycles. The molecule has 2 N–H and O–H groups in total. The molecule has 0 aliphatic heterocycles. The Kier molecular flexibility index (Phi) is 4.36. The highest BCUT2D eigenvalue weighted by Crippen LogP contribution is 2.23. The number of anilines is 1. The summed E-state index contributed by atoms with van der Waals surface area (Å²) < 4.78 is 0. The number of hydrogen-bond acceptors (Lipinski definition) is 2. The number of H-pyrrole nitrogens is 1. The molecule has 1 aromatic heterocycles. The van der Waals surface area contributed by atoms with E-state index in [1.807, 2.05) is 6.20 Å². The minimum Gasteiger partial charge on any atom is -0.382 e. The molecule has 0 amide bonds. The van der Waals surface area contributed by atoms with Crippen LogP contribution in [0.5, 0.6) is 0 Å². The van der Waals surface area contributed by atoms with Crippen molar-refractivity contribution in [2.45, 2.75) is 51.0 Å². The maximum absolute atomic E-state index is 4.06. The lowest BCUT2D eigenvalue weighted by Crippen LogP contribution is -2.20. The van der Waals surface area contributed by atoms with Crippen LogP contribution in [0.4, 0.5) is 5.69 Å². The third-order valence-electron chi connectivity index (χ3n) is 4.17. The van der Waals surface area contributed by atoms with Crippen molar-refractivity contribution in [3.8, 4) is 11.3 Å². The molecule has 1 fully saturated rings. The summed E-state index contributed by atoms with van der Waals surface area (Å²) in [6.45, 7) is 0. The minimum absolute atomic E-state index is 0.647. The van der Waals surface area contributed by atoms with Crippen molar-refractivity contribution < 1.29 is 0 Å². The third kappa shape index (κ3) is 3.41. The number of hydrogen-bond donors (Lipinski definition) is 2. The van der Waals surface area contributed by atoms with Crippen LogP contribution in [0.3, 0.4) is 0 Å². The van der Waals surface area contributed by atoms with Gasteiger partial charge in [-0.25, -0.2) is 4.98 Å². The van der Waals surface area contributed by atoms with Crippen LogP contribution in [0, 0.1) is 0 Å². The summed E-state index contributed by atoms with van der Waals surface area (Å²) in [4.78, 5) is 7.20. The van der Waals surface area contributed by atoms with E-state index < -0.39 is 0 Å². The Morgan fingerprint density at radius 2 is 1.65 bits per heavy atom. The number of rotatable bonds is 3. The molecular formula is C17H23N3. The van der Waals surface area contributed by atoms with Gasteiger partial charge in [0.1, 0.15) is 0 Å². The van der Waals surface area contributed by atoms with Crippen molar-refractivity contribution in [2.75, 3.05) is 5.32 Å². The fraction of sp³-hybridized carbons (Fsp3) is 0.471. The Morgan fingerprint density at radius 1 is 0.950 bits per heavy atom. The summed E-state index contributed by atoms with van der Waals surface area (Å²) in [5.74, 6) is 0. The summed E-state index contributed by atoms with van der Waals surface area (Å²) in [5.41, 5.74) is 3.49. The average molecular weight is 269 g/mol. The zero-order chi connectivity index (χ0) is 13.6. The molecular weight excluding hydrogens is 246 g/mol. The smallest absolute Gasteiger partial charge is 0.0924 e. The summed E-state index contributed by atoms with van der Waals surface area (Å²) in [7, 11) is 0. The van der Waals surface area contributed by atoms with Crippen molar-refractivity contribution in [1.29, 1.82) is 0 Å². The highest BCUT2D eigenvalue weighted by molar-refractivity contribution is 5.62. The molecule has 3 heteroatoms. The van der Waals surface area contributed by atoms with Gasteiger partial charge in [0.05, 0.1) is 18.2 Å². The predicted octanol–water partition coefficient (Wildman–Crippen LogP) is 4.60. The van der Waals surface area contributed by atoms with Crippen molar-refractivity contribution in [2.24, 2.45) is 0 Å². The quantitative estimate of drug-likeness (QED) is 0.854. The number of aromatic nitrogens is 2. The van der Waals surface area contributed by atoms with Gasteiger partial charge < -0.3 is 10.3 Å². The Labute approximate surface area is 120 Å². The van der Waals surface area contributed by atoms with Gasteiger partial charge in [0, 0.05) is 11.7 Å². The molecule has 1 aliphatic carbocycles. The third-order valence-corrected chi connectivity index (χ3v) is 4.17. The van der Waals surface area contributed by atoms with E-state index in [2.05, 4.69) is 39.6 Å². The lowest BCUT2D eigenvalue weighted by atomic mass is 9.96. The number of nitrogens with one attached hydrogen (secondary N) is 2. The first-order chi connectivity index (χ1) is 9.92. The van der Waals surface area contributed by atoms with Crippen LogP contribution >= 0.6 is 0 Å². The van der Waals surface area contributed by atoms with Gasteiger partial charge in [0.2, 0.25) is 0 Å². The molecule has 3 rings (SSSR count). The van der Waals surface area contributed by atoms with Crippen LogP contribution in [0.1, 0.15) is 44.9 Å². The SMILES string of the molecule is c1ncc(-c2ccc(NC3CCCCCCC3)cc2)[nH]1. The molecule has 20 heavy (non-hydrogen) atoms. The lowest BCUT2D eigenvalue weighted by molar-refractivity contribution is 0.471. The first kappa shape index (κ1) is 13.2. The average Bonchev–Trinajstić information content (AvgIpc) is 2.96. The summed E-state index contributed by atoms with van der Waals surface area (Å²) >= 11 is 0. The van der Waals surface area contributed by atoms with E-state index in [4.69, 9.17) is 0 Å². The van der Waals surface area contributed by atoms with Crippen molar-refractivity contribution in [3.63, 3.8) is 0 Å². The van der Waals surface area contributed by atoms with E-state index in [9.17, 15) is 0 Å². The van der Waals surface area contributed by atoms with E-state index in [1.165, 1.54) is 56.2 Å². The molecule has 3 nitrogen and oxygen atoms in total. The molecule has 0 unspecified atom stereocenters. The molecule has 106 valence electrons. The predicted molar refractivity (Wildman–Crippen MR) is 83.8 cm³/mol. The van der Waals surface area contributed by atoms with E-state index in [1.54, 1.807) is 6.33 Å². The van der Waals surface area contributed by atoms with Crippen LogP contribution in [-0.2, 0) is 0 Å². The van der Waals surface area contributed by atoms with Gasteiger partial charge in [-0.2, -0.15) is 0 Å². The van der Waals surface area contributed by atoms with Crippen LogP contribution < -0.4 is 5.32 Å². The molecule has 2 aromatic rings. The van der Waals surface area contributed by atoms with E-state index in [0.717, 1.165) is 5.69 Å². The summed E-state index contributed by atoms with van der Waals surface area (Å²) in [6.07, 6.45) is 13.1. The molecule has 1 heterocycles. The molecule has 0 bridgehead atoms. The maximum atomic E-state index is 4.06. The molecule has 0 spiro atoms. The fourth-order valence-electron chi connectivity index (χ4n) is 3.00. The zero-order valence-corrected chi connectivity index (χ0v) is 11.9. The van der Waals surface area contributed by atoms with Crippen molar-refractivity contribution in [1.82, 2.24) is 9.97 Å². The largest absolute Gasteiger partial charge is 0.382 e. The van der Waals surface area contributed by atoms with Gasteiger partial charge in [-0.1, -0.05) is 44.2 Å². The van der Waals surface area contributed by atoms with Crippen LogP contribution in [-0.4, -0.2) is 16.0 Å². The van der Waals surface area contributed by atoms with Gasteiger partial charge in [-0.15, -0.1) is 0 Å². The number of nitrogens with zero attached hydrogens (tertiary/aromatic N) is 1. The molecule has 1 aliphatic rings. The molecule has 0 atom stereocenters. The molecule has 0 radical (unpaired) electrons. The van der Waals surface area contributed by atoms with Crippen molar-refractivity contribution in [3.05, 3.63) is 36.8 Å². The standard InChI is InChI=1S/C17H23N3/c1-2-4-6-15(7-5-3-1)20-16-10-8-14(9-11-16)17-12-18-13-19-17/h8-13,15,20H,1-7H2,(H,18,19). The maximum Gasteiger partial charge on any atom is 0.0924 e. The Hall–Kier alpha value is -1.77. The Balaban J connectivity index is 1.62. The zero-order valence-electron chi connectivity index (χ0n) is 11.9. The van der Waals surface area contributed by atoms with Crippen LogP contribution in [0.25, 0.3) is 11.3 Å². The van der Waals surface area contributed by atoms with Gasteiger partial charge in [-0.3, -0.25) is 0 Å². The molecule has 1 saturated carbocycles. The van der Waals surface area contributed by atoms with E-state index in [-0.39, 0.29) is 0 Å². The second kappa shape index (κ2) is 6.60. The van der Waals surface area contributed by atoms with E-state index >= 15 is 0 Å². The van der Waals surface area contributed by atoms with Gasteiger partial charge >= 0.3 is 0 Å². The highest BCUT2D eigenvalue weighted by Gasteiger charge is 2.11. The topological polar surface area (TPSA) is 40.7 Å². The van der Waals surface area contributed by atoms with E-state index in [0.29, 0.717) is 6.04 Å².